The van der Waals surface area contributed by atoms with Gasteiger partial charge in [0, 0.05) is 18.8 Å². The lowest BCUT2D eigenvalue weighted by atomic mass is 10.1. The van der Waals surface area contributed by atoms with Crippen LogP contribution in [0, 0.1) is 0 Å². The predicted octanol–water partition coefficient (Wildman–Crippen LogP) is 4.36. The van der Waals surface area contributed by atoms with Gasteiger partial charge in [-0.05, 0) is 50.8 Å². The molecule has 0 atom stereocenters. The summed E-state index contributed by atoms with van der Waals surface area (Å²) in [6, 6.07) is 8.19. The van der Waals surface area contributed by atoms with Crippen LogP contribution in [-0.2, 0) is 11.2 Å². The van der Waals surface area contributed by atoms with E-state index in [4.69, 9.17) is 4.74 Å². The molecular formula is C18H25NO2. The second kappa shape index (κ2) is 10.8. The van der Waals surface area contributed by atoms with Crippen LogP contribution in [0.2, 0.25) is 0 Å². The number of benzene rings is 1. The minimum Gasteiger partial charge on any atom is -0.488 e. The van der Waals surface area contributed by atoms with Crippen molar-refractivity contribution in [1.29, 1.82) is 0 Å². The van der Waals surface area contributed by atoms with Gasteiger partial charge < -0.3 is 9.53 Å². The monoisotopic (exact) mass is 287 g/mol. The van der Waals surface area contributed by atoms with E-state index in [1.165, 1.54) is 5.56 Å². The zero-order valence-corrected chi connectivity index (χ0v) is 13.0. The van der Waals surface area contributed by atoms with E-state index in [0.29, 0.717) is 13.0 Å². The Morgan fingerprint density at radius 2 is 1.95 bits per heavy atom. The van der Waals surface area contributed by atoms with Crippen molar-refractivity contribution in [3.8, 4) is 5.75 Å². The van der Waals surface area contributed by atoms with Gasteiger partial charge in [-0.3, -0.25) is 4.99 Å². The topological polar surface area (TPSA) is 38.7 Å². The van der Waals surface area contributed by atoms with Crippen LogP contribution in [0.5, 0.6) is 5.75 Å². The Hall–Kier alpha value is -1.90. The number of ketones is 1. The molecule has 0 aliphatic heterocycles. The molecule has 0 N–H and O–H groups in total. The molecule has 0 unspecified atom stereocenters. The van der Waals surface area contributed by atoms with E-state index >= 15 is 0 Å². The Balaban J connectivity index is 2.22. The van der Waals surface area contributed by atoms with Crippen molar-refractivity contribution in [1.82, 2.24) is 0 Å². The first kappa shape index (κ1) is 17.2. The fourth-order valence-electron chi connectivity index (χ4n) is 1.96. The summed E-state index contributed by atoms with van der Waals surface area (Å²) in [6.45, 7) is 4.06. The first-order chi connectivity index (χ1) is 10.2. The highest BCUT2D eigenvalue weighted by atomic mass is 16.5. The highest BCUT2D eigenvalue weighted by molar-refractivity contribution is 5.75. The smallest absolute Gasteiger partial charge is 0.129 e. The molecule has 0 saturated heterocycles. The number of rotatable bonds is 10. The molecule has 0 fully saturated rings. The van der Waals surface area contributed by atoms with Crippen molar-refractivity contribution in [3.63, 3.8) is 0 Å². The zero-order chi connectivity index (χ0) is 15.3. The Labute approximate surface area is 127 Å². The van der Waals surface area contributed by atoms with E-state index in [2.05, 4.69) is 17.1 Å². The van der Waals surface area contributed by atoms with Crippen LogP contribution in [0.3, 0.4) is 0 Å². The predicted molar refractivity (Wildman–Crippen MR) is 88.1 cm³/mol. The summed E-state index contributed by atoms with van der Waals surface area (Å²) >= 11 is 0. The first-order valence-electron chi connectivity index (χ1n) is 7.56. The number of carbonyl (C=O) groups excluding carboxylic acids is 1. The molecule has 0 aliphatic rings. The van der Waals surface area contributed by atoms with Gasteiger partial charge in [0.25, 0.3) is 0 Å². The summed E-state index contributed by atoms with van der Waals surface area (Å²) in [4.78, 5) is 14.9. The Morgan fingerprint density at radius 3 is 2.62 bits per heavy atom. The SMILES string of the molecule is C/C=C/N=CCOc1ccc(CCCCCC(C)=O)cc1. The lowest BCUT2D eigenvalue weighted by molar-refractivity contribution is -0.117. The van der Waals surface area contributed by atoms with Crippen LogP contribution in [0.25, 0.3) is 0 Å². The molecule has 1 aromatic rings. The van der Waals surface area contributed by atoms with E-state index in [1.54, 1.807) is 19.3 Å². The Kier molecular flexibility index (Phi) is 8.85. The van der Waals surface area contributed by atoms with Crippen LogP contribution in [0.4, 0.5) is 0 Å². The average molecular weight is 287 g/mol. The largest absolute Gasteiger partial charge is 0.488 e. The second-order valence-electron chi connectivity index (χ2n) is 5.03. The van der Waals surface area contributed by atoms with Gasteiger partial charge in [0.1, 0.15) is 18.1 Å². The number of aryl methyl sites for hydroxylation is 1. The van der Waals surface area contributed by atoms with Crippen LogP contribution in [0.15, 0.2) is 41.5 Å². The minimum atomic E-state index is 0.287. The molecule has 0 aromatic heterocycles. The summed E-state index contributed by atoms with van der Waals surface area (Å²) in [5.74, 6) is 1.15. The Bertz CT molecular complexity index is 461. The van der Waals surface area contributed by atoms with Gasteiger partial charge in [-0.15, -0.1) is 0 Å². The summed E-state index contributed by atoms with van der Waals surface area (Å²) in [7, 11) is 0. The molecule has 1 rings (SSSR count). The van der Waals surface area contributed by atoms with Gasteiger partial charge in [0.2, 0.25) is 0 Å². The van der Waals surface area contributed by atoms with E-state index in [0.717, 1.165) is 31.4 Å². The number of ether oxygens (including phenoxy) is 1. The molecule has 3 heteroatoms. The summed E-state index contributed by atoms with van der Waals surface area (Å²) < 4.78 is 5.56. The van der Waals surface area contributed by atoms with Gasteiger partial charge in [-0.2, -0.15) is 0 Å². The zero-order valence-electron chi connectivity index (χ0n) is 13.0. The molecule has 0 amide bonds. The highest BCUT2D eigenvalue weighted by Gasteiger charge is 1.97. The standard InChI is InChI=1S/C18H25NO2/c1-3-13-19-14-15-21-18-11-9-17(10-12-18)8-6-4-5-7-16(2)20/h3,9-14H,4-8,15H2,1-2H3/b13-3+,19-14?. The van der Waals surface area contributed by atoms with Crippen LogP contribution < -0.4 is 4.74 Å². The molecule has 0 saturated carbocycles. The number of Topliss-reactive ketones (excluding diaryl/α,β-unsaturated/α-hetero) is 1. The third-order valence-electron chi connectivity index (χ3n) is 3.08. The number of nitrogens with zero attached hydrogens (tertiary/aromatic N) is 1. The minimum absolute atomic E-state index is 0.287. The third-order valence-corrected chi connectivity index (χ3v) is 3.08. The molecule has 0 aliphatic carbocycles. The van der Waals surface area contributed by atoms with E-state index in [1.807, 2.05) is 25.1 Å². The van der Waals surface area contributed by atoms with E-state index in [9.17, 15) is 4.79 Å². The van der Waals surface area contributed by atoms with Crippen LogP contribution >= 0.6 is 0 Å². The van der Waals surface area contributed by atoms with Crippen molar-refractivity contribution in [2.24, 2.45) is 4.99 Å². The summed E-state index contributed by atoms with van der Waals surface area (Å²) in [5, 5.41) is 0. The molecule has 21 heavy (non-hydrogen) atoms. The van der Waals surface area contributed by atoms with E-state index < -0.39 is 0 Å². The number of unbranched alkanes of at least 4 members (excludes halogenated alkanes) is 2. The fraction of sp³-hybridized carbons (Fsp3) is 0.444. The number of hydrogen-bond donors (Lipinski definition) is 0. The first-order valence-corrected chi connectivity index (χ1v) is 7.56. The molecule has 114 valence electrons. The van der Waals surface area contributed by atoms with Crippen molar-refractivity contribution in [2.45, 2.75) is 46.0 Å². The van der Waals surface area contributed by atoms with E-state index in [-0.39, 0.29) is 5.78 Å². The molecule has 0 radical (unpaired) electrons. The summed E-state index contributed by atoms with van der Waals surface area (Å²) in [6.07, 6.45) is 10.4. The number of allylic oxidation sites excluding steroid dienone is 1. The number of aliphatic imine (C=N–C) groups is 1. The van der Waals surface area contributed by atoms with Crippen molar-refractivity contribution in [2.75, 3.05) is 6.61 Å². The van der Waals surface area contributed by atoms with Gasteiger partial charge in [0.15, 0.2) is 0 Å². The third kappa shape index (κ3) is 8.79. The molecule has 1 aromatic carbocycles. The molecular weight excluding hydrogens is 262 g/mol. The number of hydrogen-bond acceptors (Lipinski definition) is 3. The maximum Gasteiger partial charge on any atom is 0.129 e. The molecule has 0 bridgehead atoms. The van der Waals surface area contributed by atoms with Crippen LogP contribution in [-0.4, -0.2) is 18.6 Å². The highest BCUT2D eigenvalue weighted by Crippen LogP contribution is 2.14. The molecule has 3 nitrogen and oxygen atoms in total. The molecule has 0 heterocycles. The summed E-state index contributed by atoms with van der Waals surface area (Å²) in [5.41, 5.74) is 1.31. The quantitative estimate of drug-likeness (QED) is 0.473. The second-order valence-corrected chi connectivity index (χ2v) is 5.03. The fourth-order valence-corrected chi connectivity index (χ4v) is 1.96. The van der Waals surface area contributed by atoms with Gasteiger partial charge in [-0.25, -0.2) is 0 Å². The number of carbonyl (C=O) groups is 1. The van der Waals surface area contributed by atoms with Crippen LogP contribution in [0.1, 0.15) is 45.1 Å². The molecule has 0 spiro atoms. The maximum absolute atomic E-state index is 10.8. The Morgan fingerprint density at radius 1 is 1.19 bits per heavy atom. The lowest BCUT2D eigenvalue weighted by Gasteiger charge is -2.05. The van der Waals surface area contributed by atoms with Crippen molar-refractivity contribution in [3.05, 3.63) is 42.1 Å². The maximum atomic E-state index is 10.8. The van der Waals surface area contributed by atoms with Gasteiger partial charge >= 0.3 is 0 Å². The van der Waals surface area contributed by atoms with Gasteiger partial charge in [-0.1, -0.05) is 24.6 Å². The van der Waals surface area contributed by atoms with Gasteiger partial charge in [0.05, 0.1) is 0 Å². The average Bonchev–Trinajstić information content (AvgIpc) is 2.48. The lowest BCUT2D eigenvalue weighted by Crippen LogP contribution is -1.98. The van der Waals surface area contributed by atoms with Crippen molar-refractivity contribution >= 4 is 12.0 Å². The normalized spacial score (nSPS) is 11.3. The van der Waals surface area contributed by atoms with Crippen molar-refractivity contribution < 1.29 is 9.53 Å².